The van der Waals surface area contributed by atoms with Gasteiger partial charge >= 0.3 is 0 Å². The molecule has 0 unspecified atom stereocenters. The maximum Gasteiger partial charge on any atom is 0.252 e. The van der Waals surface area contributed by atoms with Crippen LogP contribution in [0.25, 0.3) is 0 Å². The molecule has 0 aliphatic heterocycles. The van der Waals surface area contributed by atoms with Gasteiger partial charge < -0.3 is 14.8 Å². The van der Waals surface area contributed by atoms with Gasteiger partial charge in [-0.25, -0.2) is 13.1 Å². The number of sulfonamides is 1. The number of carbonyl (C=O) groups excluding carboxylic acids is 1. The van der Waals surface area contributed by atoms with E-state index in [1.807, 2.05) is 26.0 Å². The summed E-state index contributed by atoms with van der Waals surface area (Å²) in [4.78, 5) is 12.4. The minimum Gasteiger partial charge on any atom is -0.493 e. The fourth-order valence-electron chi connectivity index (χ4n) is 2.71. The number of carbonyl (C=O) groups is 1. The zero-order valence-corrected chi connectivity index (χ0v) is 20.1. The highest BCUT2D eigenvalue weighted by Gasteiger charge is 2.22. The molecule has 0 aliphatic rings. The Morgan fingerprint density at radius 3 is 2.32 bits per heavy atom. The van der Waals surface area contributed by atoms with Crippen LogP contribution < -0.4 is 19.5 Å². The largest absolute Gasteiger partial charge is 0.493 e. The summed E-state index contributed by atoms with van der Waals surface area (Å²) < 4.78 is 38.1. The lowest BCUT2D eigenvalue weighted by molar-refractivity contribution is 0.0954. The molecule has 0 atom stereocenters. The number of benzene rings is 2. The van der Waals surface area contributed by atoms with E-state index in [4.69, 9.17) is 32.7 Å². The van der Waals surface area contributed by atoms with Gasteiger partial charge in [0.05, 0.1) is 29.8 Å². The number of rotatable bonds is 10. The monoisotopic (exact) mass is 488 g/mol. The van der Waals surface area contributed by atoms with E-state index in [1.54, 1.807) is 20.3 Å². The second-order valence-corrected chi connectivity index (χ2v) is 9.75. The zero-order chi connectivity index (χ0) is 23.2. The molecule has 0 aromatic heterocycles. The third-order valence-electron chi connectivity index (χ3n) is 4.38. The summed E-state index contributed by atoms with van der Waals surface area (Å²) in [5.74, 6) is 0.821. The zero-order valence-electron chi connectivity index (χ0n) is 17.8. The molecule has 1 amide bonds. The molecule has 31 heavy (non-hydrogen) atoms. The van der Waals surface area contributed by atoms with Crippen molar-refractivity contribution in [3.63, 3.8) is 0 Å². The van der Waals surface area contributed by atoms with Crippen molar-refractivity contribution >= 4 is 39.1 Å². The van der Waals surface area contributed by atoms with E-state index in [0.29, 0.717) is 24.5 Å². The smallest absolute Gasteiger partial charge is 0.252 e. The normalized spacial score (nSPS) is 11.5. The first kappa shape index (κ1) is 25.3. The molecule has 7 nitrogen and oxygen atoms in total. The van der Waals surface area contributed by atoms with Gasteiger partial charge in [-0.05, 0) is 42.2 Å². The SMILES string of the molecule is COc1ccc(CCNC(=O)c2cc(S(=O)(=O)NCC(C)C)c(Cl)cc2Cl)cc1OC. The van der Waals surface area contributed by atoms with Crippen molar-refractivity contribution in [1.29, 1.82) is 0 Å². The van der Waals surface area contributed by atoms with E-state index in [-0.39, 0.29) is 33.0 Å². The van der Waals surface area contributed by atoms with Crippen molar-refractivity contribution in [2.75, 3.05) is 27.3 Å². The lowest BCUT2D eigenvalue weighted by Gasteiger charge is -2.13. The molecular weight excluding hydrogens is 463 g/mol. The summed E-state index contributed by atoms with van der Waals surface area (Å²) >= 11 is 12.2. The van der Waals surface area contributed by atoms with Crippen LogP contribution in [-0.2, 0) is 16.4 Å². The van der Waals surface area contributed by atoms with E-state index in [9.17, 15) is 13.2 Å². The van der Waals surface area contributed by atoms with Crippen molar-refractivity contribution in [1.82, 2.24) is 10.0 Å². The number of methoxy groups -OCH3 is 2. The average Bonchev–Trinajstić information content (AvgIpc) is 2.71. The Morgan fingerprint density at radius 2 is 1.71 bits per heavy atom. The molecule has 0 saturated carbocycles. The summed E-state index contributed by atoms with van der Waals surface area (Å²) in [6.45, 7) is 4.31. The Morgan fingerprint density at radius 1 is 1.03 bits per heavy atom. The van der Waals surface area contributed by atoms with E-state index in [0.717, 1.165) is 5.56 Å². The van der Waals surface area contributed by atoms with Gasteiger partial charge in [0.2, 0.25) is 10.0 Å². The van der Waals surface area contributed by atoms with E-state index < -0.39 is 15.9 Å². The number of nitrogens with one attached hydrogen (secondary N) is 2. The number of hydrogen-bond acceptors (Lipinski definition) is 5. The Hall–Kier alpha value is -2.00. The lowest BCUT2D eigenvalue weighted by Crippen LogP contribution is -2.29. The summed E-state index contributed by atoms with van der Waals surface area (Å²) in [7, 11) is -0.778. The first-order valence-electron chi connectivity index (χ1n) is 9.56. The first-order valence-corrected chi connectivity index (χ1v) is 11.8. The Labute approximate surface area is 193 Å². The third-order valence-corrected chi connectivity index (χ3v) is 6.59. The number of amides is 1. The maximum absolute atomic E-state index is 12.6. The predicted molar refractivity (Wildman–Crippen MR) is 122 cm³/mol. The van der Waals surface area contributed by atoms with Crippen LogP contribution in [0.1, 0.15) is 29.8 Å². The van der Waals surface area contributed by atoms with Crippen LogP contribution in [0, 0.1) is 5.92 Å². The van der Waals surface area contributed by atoms with E-state index in [1.165, 1.54) is 12.1 Å². The molecule has 0 heterocycles. The Balaban J connectivity index is 2.13. The van der Waals surface area contributed by atoms with Crippen LogP contribution >= 0.6 is 23.2 Å². The molecular formula is C21H26Cl2N2O5S. The second kappa shape index (κ2) is 11.0. The van der Waals surface area contributed by atoms with Gasteiger partial charge in [0.15, 0.2) is 11.5 Å². The van der Waals surface area contributed by atoms with Crippen molar-refractivity contribution in [2.24, 2.45) is 5.92 Å². The molecule has 2 N–H and O–H groups in total. The highest BCUT2D eigenvalue weighted by atomic mass is 35.5. The van der Waals surface area contributed by atoms with Crippen molar-refractivity contribution in [2.45, 2.75) is 25.2 Å². The number of halogens is 2. The van der Waals surface area contributed by atoms with Crippen LogP contribution in [0.2, 0.25) is 10.0 Å². The molecule has 0 fully saturated rings. The minimum absolute atomic E-state index is 0.0308. The topological polar surface area (TPSA) is 93.7 Å². The Bertz CT molecular complexity index is 1040. The lowest BCUT2D eigenvalue weighted by atomic mass is 10.1. The van der Waals surface area contributed by atoms with Gasteiger partial charge in [-0.15, -0.1) is 0 Å². The molecule has 2 aromatic rings. The van der Waals surface area contributed by atoms with Crippen molar-refractivity contribution in [3.05, 3.63) is 51.5 Å². The minimum atomic E-state index is -3.88. The van der Waals surface area contributed by atoms with E-state index >= 15 is 0 Å². The summed E-state index contributed by atoms with van der Waals surface area (Å²) in [5.41, 5.74) is 0.963. The highest BCUT2D eigenvalue weighted by molar-refractivity contribution is 7.89. The molecule has 0 bridgehead atoms. The average molecular weight is 489 g/mol. The van der Waals surface area contributed by atoms with Gasteiger partial charge in [-0.3, -0.25) is 4.79 Å². The van der Waals surface area contributed by atoms with Crippen molar-refractivity contribution < 1.29 is 22.7 Å². The molecule has 0 spiro atoms. The summed E-state index contributed by atoms with van der Waals surface area (Å²) in [6, 6.07) is 7.93. The number of ether oxygens (including phenoxy) is 2. The van der Waals surface area contributed by atoms with E-state index in [2.05, 4.69) is 10.0 Å². The van der Waals surface area contributed by atoms with Crippen LogP contribution in [-0.4, -0.2) is 41.6 Å². The fraction of sp³-hybridized carbons (Fsp3) is 0.381. The predicted octanol–water partition coefficient (Wildman–Crippen LogP) is 3.92. The van der Waals surface area contributed by atoms with Crippen LogP contribution in [0.3, 0.4) is 0 Å². The molecule has 10 heteroatoms. The van der Waals surface area contributed by atoms with Crippen LogP contribution in [0.15, 0.2) is 35.2 Å². The number of hydrogen-bond donors (Lipinski definition) is 2. The van der Waals surface area contributed by atoms with Gasteiger partial charge in [0.1, 0.15) is 4.90 Å². The molecule has 2 rings (SSSR count). The van der Waals surface area contributed by atoms with Crippen LogP contribution in [0.5, 0.6) is 11.5 Å². The van der Waals surface area contributed by atoms with Gasteiger partial charge in [0.25, 0.3) is 5.91 Å². The first-order chi connectivity index (χ1) is 14.6. The standard InChI is InChI=1S/C21H26Cl2N2O5S/c1-13(2)12-25-31(27,28)20-10-15(16(22)11-17(20)23)21(26)24-8-7-14-5-6-18(29-3)19(9-14)30-4/h5-6,9-11,13,25H,7-8,12H2,1-4H3,(H,24,26). The summed E-state index contributed by atoms with van der Waals surface area (Å²) in [6.07, 6.45) is 0.526. The third kappa shape index (κ3) is 6.74. The van der Waals surface area contributed by atoms with Gasteiger partial charge in [0, 0.05) is 13.1 Å². The van der Waals surface area contributed by atoms with Crippen LogP contribution in [0.4, 0.5) is 0 Å². The molecule has 2 aromatic carbocycles. The quantitative estimate of drug-likeness (QED) is 0.528. The molecule has 0 aliphatic carbocycles. The molecule has 170 valence electrons. The second-order valence-electron chi connectivity index (χ2n) is 7.20. The van der Waals surface area contributed by atoms with Crippen molar-refractivity contribution in [3.8, 4) is 11.5 Å². The Kier molecular flexibility index (Phi) is 9.00. The molecule has 0 radical (unpaired) electrons. The fourth-order valence-corrected chi connectivity index (χ4v) is 4.79. The van der Waals surface area contributed by atoms with Gasteiger partial charge in [-0.2, -0.15) is 0 Å². The summed E-state index contributed by atoms with van der Waals surface area (Å²) in [5, 5.41) is 2.76. The molecule has 0 saturated heterocycles. The van der Waals surface area contributed by atoms with Gasteiger partial charge in [-0.1, -0.05) is 43.1 Å². The maximum atomic E-state index is 12.6. The highest BCUT2D eigenvalue weighted by Crippen LogP contribution is 2.29.